The van der Waals surface area contributed by atoms with Crippen molar-refractivity contribution in [2.75, 3.05) is 19.0 Å². The molecule has 0 aliphatic heterocycles. The first-order valence-electron chi connectivity index (χ1n) is 9.39. The van der Waals surface area contributed by atoms with Gasteiger partial charge < -0.3 is 19.9 Å². The monoisotopic (exact) mass is 425 g/mol. The van der Waals surface area contributed by atoms with Gasteiger partial charge in [-0.1, -0.05) is 24.3 Å². The molecule has 154 valence electrons. The average Bonchev–Trinajstić information content (AvgIpc) is 3.31. The van der Waals surface area contributed by atoms with Gasteiger partial charge in [-0.3, -0.25) is 4.79 Å². The van der Waals surface area contributed by atoms with E-state index in [-0.39, 0.29) is 11.3 Å². The molecular weight excluding hydrogens is 406 g/mol. The number of carbonyl (C=O) groups excluding carboxylic acids is 3. The van der Waals surface area contributed by atoms with Crippen LogP contribution in [0.2, 0.25) is 0 Å². The second kappa shape index (κ2) is 8.16. The van der Waals surface area contributed by atoms with Crippen molar-refractivity contribution in [3.63, 3.8) is 0 Å². The molecule has 0 radical (unpaired) electrons. The fourth-order valence-electron chi connectivity index (χ4n) is 3.57. The van der Waals surface area contributed by atoms with Crippen LogP contribution in [0.1, 0.15) is 37.6 Å². The van der Waals surface area contributed by atoms with Gasteiger partial charge in [-0.25, -0.2) is 9.59 Å². The predicted molar refractivity (Wildman–Crippen MR) is 112 cm³/mol. The van der Waals surface area contributed by atoms with Crippen molar-refractivity contribution in [2.24, 2.45) is 0 Å². The highest BCUT2D eigenvalue weighted by atomic mass is 32.1. The molecule has 30 heavy (non-hydrogen) atoms. The van der Waals surface area contributed by atoms with E-state index in [0.717, 1.165) is 40.5 Å². The van der Waals surface area contributed by atoms with Crippen molar-refractivity contribution >= 4 is 45.0 Å². The van der Waals surface area contributed by atoms with Crippen LogP contribution in [0, 0.1) is 0 Å². The number of aryl methyl sites for hydroxylation is 1. The Hall–Kier alpha value is -3.39. The molecule has 3 aromatic rings. The lowest BCUT2D eigenvalue weighted by Gasteiger charge is -2.09. The van der Waals surface area contributed by atoms with Crippen LogP contribution in [0.3, 0.4) is 0 Å². The van der Waals surface area contributed by atoms with E-state index in [0.29, 0.717) is 10.6 Å². The van der Waals surface area contributed by atoms with Gasteiger partial charge in [0.05, 0.1) is 12.7 Å². The molecule has 0 atom stereocenters. The van der Waals surface area contributed by atoms with Crippen LogP contribution < -0.4 is 5.32 Å². The summed E-state index contributed by atoms with van der Waals surface area (Å²) in [4.78, 5) is 37.9. The normalized spacial score (nSPS) is 12.4. The van der Waals surface area contributed by atoms with E-state index in [1.54, 1.807) is 0 Å². The molecular formula is C22H19NO6S. The summed E-state index contributed by atoms with van der Waals surface area (Å²) in [5.74, 6) is -2.10. The lowest BCUT2D eigenvalue weighted by molar-refractivity contribution is -0.119. The number of hydrogen-bond acceptors (Lipinski definition) is 7. The van der Waals surface area contributed by atoms with Crippen molar-refractivity contribution in [3.05, 3.63) is 58.0 Å². The molecule has 1 aromatic heterocycles. The summed E-state index contributed by atoms with van der Waals surface area (Å²) in [7, 11) is 1.30. The largest absolute Gasteiger partial charge is 0.507 e. The molecule has 2 N–H and O–H groups in total. The Balaban J connectivity index is 1.45. The number of methoxy groups -OCH3 is 1. The maximum absolute atomic E-state index is 12.4. The quantitative estimate of drug-likeness (QED) is 0.605. The van der Waals surface area contributed by atoms with Crippen LogP contribution >= 0.6 is 11.3 Å². The number of aromatic hydroxyl groups is 1. The summed E-state index contributed by atoms with van der Waals surface area (Å²) in [5, 5.41) is 14.7. The molecule has 4 rings (SSSR count). The summed E-state index contributed by atoms with van der Waals surface area (Å²) < 4.78 is 9.92. The van der Waals surface area contributed by atoms with Gasteiger partial charge in [0.2, 0.25) is 0 Å². The Morgan fingerprint density at radius 1 is 1.10 bits per heavy atom. The number of benzene rings is 2. The number of rotatable bonds is 5. The number of phenolic OH excluding ortho intramolecular Hbond substituents is 1. The van der Waals surface area contributed by atoms with Crippen molar-refractivity contribution in [2.45, 2.75) is 19.3 Å². The maximum Gasteiger partial charge on any atom is 0.342 e. The molecule has 0 spiro atoms. The lowest BCUT2D eigenvalue weighted by Crippen LogP contribution is -2.21. The van der Waals surface area contributed by atoms with Gasteiger partial charge in [0.15, 0.2) is 6.61 Å². The minimum atomic E-state index is -0.810. The third-order valence-electron chi connectivity index (χ3n) is 4.98. The van der Waals surface area contributed by atoms with E-state index in [4.69, 9.17) is 9.47 Å². The van der Waals surface area contributed by atoms with Crippen LogP contribution in [-0.2, 0) is 27.1 Å². The highest BCUT2D eigenvalue weighted by Crippen LogP contribution is 2.39. The zero-order valence-corrected chi connectivity index (χ0v) is 17.0. The number of ether oxygens (including phenoxy) is 2. The molecule has 1 heterocycles. The number of nitrogens with one attached hydrogen (secondary N) is 1. The fourth-order valence-corrected chi connectivity index (χ4v) is 4.87. The smallest absolute Gasteiger partial charge is 0.342 e. The van der Waals surface area contributed by atoms with E-state index in [1.165, 1.54) is 30.6 Å². The van der Waals surface area contributed by atoms with Crippen LogP contribution in [0.5, 0.6) is 5.75 Å². The summed E-state index contributed by atoms with van der Waals surface area (Å²) in [6.45, 7) is -0.547. The molecule has 8 heteroatoms. The molecule has 1 aliphatic rings. The van der Waals surface area contributed by atoms with E-state index in [1.807, 2.05) is 24.3 Å². The Labute approximate surface area is 176 Å². The third kappa shape index (κ3) is 3.73. The SMILES string of the molecule is COC(=O)c1c(NC(=O)COC(=O)c2cc3ccccc3cc2O)sc2c1CCC2. The second-order valence-electron chi connectivity index (χ2n) is 6.89. The van der Waals surface area contributed by atoms with Crippen molar-refractivity contribution in [1.29, 1.82) is 0 Å². The lowest BCUT2D eigenvalue weighted by atomic mass is 10.1. The van der Waals surface area contributed by atoms with Crippen LogP contribution in [0.4, 0.5) is 5.00 Å². The molecule has 0 fully saturated rings. The zero-order chi connectivity index (χ0) is 21.3. The standard InChI is InChI=1S/C22H19NO6S/c1-28-22(27)19-14-7-4-8-17(14)30-20(19)23-18(25)11-29-21(26)15-9-12-5-2-3-6-13(12)10-16(15)24/h2-3,5-6,9-10,24H,4,7-8,11H2,1H3,(H,23,25). The summed E-state index contributed by atoms with van der Waals surface area (Å²) in [6.07, 6.45) is 2.59. The van der Waals surface area contributed by atoms with E-state index in [2.05, 4.69) is 5.32 Å². The van der Waals surface area contributed by atoms with Gasteiger partial charge in [-0.2, -0.15) is 0 Å². The number of amides is 1. The van der Waals surface area contributed by atoms with Crippen molar-refractivity contribution in [3.8, 4) is 5.75 Å². The molecule has 2 aromatic carbocycles. The third-order valence-corrected chi connectivity index (χ3v) is 6.19. The predicted octanol–water partition coefficient (Wildman–Crippen LogP) is 3.68. The summed E-state index contributed by atoms with van der Waals surface area (Å²) in [5.41, 5.74) is 1.27. The molecule has 1 amide bonds. The first-order chi connectivity index (χ1) is 14.5. The van der Waals surface area contributed by atoms with Crippen LogP contribution in [0.15, 0.2) is 36.4 Å². The Kier molecular flexibility index (Phi) is 5.41. The van der Waals surface area contributed by atoms with Gasteiger partial charge in [-0.15, -0.1) is 11.3 Å². The number of hydrogen-bond donors (Lipinski definition) is 2. The Morgan fingerprint density at radius 2 is 1.83 bits per heavy atom. The zero-order valence-electron chi connectivity index (χ0n) is 16.2. The van der Waals surface area contributed by atoms with Gasteiger partial charge in [0, 0.05) is 4.88 Å². The van der Waals surface area contributed by atoms with Gasteiger partial charge in [0.25, 0.3) is 5.91 Å². The Bertz CT molecular complexity index is 1170. The number of carbonyl (C=O) groups is 3. The maximum atomic E-state index is 12.4. The molecule has 1 aliphatic carbocycles. The first kappa shape index (κ1) is 19.9. The summed E-state index contributed by atoms with van der Waals surface area (Å²) in [6, 6.07) is 10.3. The highest BCUT2D eigenvalue weighted by molar-refractivity contribution is 7.17. The van der Waals surface area contributed by atoms with Crippen LogP contribution in [0.25, 0.3) is 10.8 Å². The average molecular weight is 425 g/mol. The topological polar surface area (TPSA) is 102 Å². The molecule has 0 saturated heterocycles. The molecule has 0 unspecified atom stereocenters. The highest BCUT2D eigenvalue weighted by Gasteiger charge is 2.28. The number of fused-ring (bicyclic) bond motifs is 2. The van der Waals surface area contributed by atoms with Gasteiger partial charge in [-0.05, 0) is 47.7 Å². The number of anilines is 1. The molecule has 0 bridgehead atoms. The van der Waals surface area contributed by atoms with Crippen LogP contribution in [-0.4, -0.2) is 36.7 Å². The minimum absolute atomic E-state index is 0.0214. The number of thiophene rings is 1. The number of phenols is 1. The first-order valence-corrected chi connectivity index (χ1v) is 10.2. The van der Waals surface area contributed by atoms with E-state index < -0.39 is 24.5 Å². The molecule has 0 saturated carbocycles. The minimum Gasteiger partial charge on any atom is -0.507 e. The Morgan fingerprint density at radius 3 is 2.57 bits per heavy atom. The van der Waals surface area contributed by atoms with Crippen molar-refractivity contribution in [1.82, 2.24) is 0 Å². The van der Waals surface area contributed by atoms with Crippen molar-refractivity contribution < 1.29 is 29.0 Å². The second-order valence-corrected chi connectivity index (χ2v) is 8.00. The van der Waals surface area contributed by atoms with Gasteiger partial charge in [0.1, 0.15) is 16.3 Å². The van der Waals surface area contributed by atoms with E-state index in [9.17, 15) is 19.5 Å². The van der Waals surface area contributed by atoms with E-state index >= 15 is 0 Å². The fraction of sp³-hybridized carbons (Fsp3) is 0.227. The van der Waals surface area contributed by atoms with Gasteiger partial charge >= 0.3 is 11.9 Å². The molecule has 7 nitrogen and oxygen atoms in total. The summed E-state index contributed by atoms with van der Waals surface area (Å²) >= 11 is 1.34. The number of esters is 2.